The molecule has 2 fully saturated rings. The molecule has 2 aliphatic rings. The van der Waals surface area contributed by atoms with Crippen molar-refractivity contribution in [3.63, 3.8) is 0 Å². The van der Waals surface area contributed by atoms with Crippen LogP contribution in [0.3, 0.4) is 0 Å². The van der Waals surface area contributed by atoms with Crippen LogP contribution in [0.15, 0.2) is 11.3 Å². The molecule has 0 radical (unpaired) electrons. The summed E-state index contributed by atoms with van der Waals surface area (Å²) in [6, 6.07) is 0. The van der Waals surface area contributed by atoms with Gasteiger partial charge in [-0.15, -0.1) is 0 Å². The Morgan fingerprint density at radius 2 is 2.31 bits per heavy atom. The van der Waals surface area contributed by atoms with E-state index < -0.39 is 18.1 Å². The number of rotatable bonds is 6. The summed E-state index contributed by atoms with van der Waals surface area (Å²) in [7, 11) is 2.74. The van der Waals surface area contributed by atoms with E-state index in [9.17, 15) is 4.79 Å². The van der Waals surface area contributed by atoms with Crippen LogP contribution in [0.5, 0.6) is 0 Å². The van der Waals surface area contributed by atoms with E-state index in [1.165, 1.54) is 22.6 Å². The van der Waals surface area contributed by atoms with Gasteiger partial charge in [-0.05, 0) is 13.8 Å². The molecule has 1 aromatic heterocycles. The van der Waals surface area contributed by atoms with Crippen molar-refractivity contribution in [2.24, 2.45) is 10.7 Å². The number of amides is 1. The Morgan fingerprint density at radius 1 is 1.58 bits per heavy atom. The summed E-state index contributed by atoms with van der Waals surface area (Å²) in [4.78, 5) is 20.3. The Labute approximate surface area is 167 Å². The first-order chi connectivity index (χ1) is 12.4. The van der Waals surface area contributed by atoms with Gasteiger partial charge in [0.2, 0.25) is 0 Å². The van der Waals surface area contributed by atoms with Gasteiger partial charge in [-0.2, -0.15) is 0 Å². The average molecular weight is 497 g/mol. The smallest absolute Gasteiger partial charge is 0.273 e. The monoisotopic (exact) mass is 497 g/mol. The molecule has 0 bridgehead atoms. The van der Waals surface area contributed by atoms with E-state index in [0.29, 0.717) is 6.61 Å². The molecule has 10 nitrogen and oxygen atoms in total. The van der Waals surface area contributed by atoms with Crippen molar-refractivity contribution in [1.82, 2.24) is 14.9 Å². The minimum Gasteiger partial charge on any atom is -0.390 e. The second-order valence-corrected chi connectivity index (χ2v) is 7.60. The standard InChI is InChI=1S/C14H20IN5O5S/c1-14(2)24-9-7(4-22-26-15)23-13(10(9)25-14)20-6-19-8(12(21)17-3)11(20)18-5-16/h5-7,9-10,13H,4H2,1-3H3,(H2,16,18)(H,17,21). The molecule has 4 atom stereocenters. The Bertz CT molecular complexity index is 699. The molecular formula is C14H20IN5O5S. The lowest BCUT2D eigenvalue weighted by atomic mass is 10.1. The molecule has 3 N–H and O–H groups in total. The maximum atomic E-state index is 12.1. The summed E-state index contributed by atoms with van der Waals surface area (Å²) < 4.78 is 25.2. The van der Waals surface area contributed by atoms with Crippen molar-refractivity contribution in [2.45, 2.75) is 44.2 Å². The first kappa shape index (κ1) is 19.8. The fourth-order valence-corrected chi connectivity index (χ4v) is 3.75. The highest BCUT2D eigenvalue weighted by Gasteiger charge is 2.56. The molecule has 0 spiro atoms. The zero-order valence-corrected chi connectivity index (χ0v) is 17.4. The summed E-state index contributed by atoms with van der Waals surface area (Å²) in [5.41, 5.74) is 5.60. The molecule has 1 aromatic rings. The number of nitrogens with zero attached hydrogens (tertiary/aromatic N) is 3. The summed E-state index contributed by atoms with van der Waals surface area (Å²) in [6.45, 7) is 4.02. The molecule has 0 aromatic carbocycles. The molecule has 26 heavy (non-hydrogen) atoms. The molecule has 2 saturated heterocycles. The fourth-order valence-electron chi connectivity index (χ4n) is 3.13. The highest BCUT2D eigenvalue weighted by molar-refractivity contribution is 14.2. The van der Waals surface area contributed by atoms with E-state index in [2.05, 4.69) is 15.3 Å². The lowest BCUT2D eigenvalue weighted by Gasteiger charge is -2.24. The molecule has 2 aliphatic heterocycles. The zero-order valence-electron chi connectivity index (χ0n) is 14.4. The van der Waals surface area contributed by atoms with E-state index in [1.807, 2.05) is 35.1 Å². The highest BCUT2D eigenvalue weighted by Crippen LogP contribution is 2.44. The van der Waals surface area contributed by atoms with E-state index in [1.54, 1.807) is 4.57 Å². The number of ether oxygens (including phenoxy) is 3. The summed E-state index contributed by atoms with van der Waals surface area (Å²) in [6.07, 6.45) is 0.944. The van der Waals surface area contributed by atoms with Crippen LogP contribution < -0.4 is 11.1 Å². The summed E-state index contributed by atoms with van der Waals surface area (Å²) in [5, 5.41) is 2.53. The number of aliphatic imine (C=N–C) groups is 1. The largest absolute Gasteiger partial charge is 0.390 e. The van der Waals surface area contributed by atoms with Gasteiger partial charge in [-0.3, -0.25) is 9.36 Å². The maximum Gasteiger partial charge on any atom is 0.273 e. The third kappa shape index (κ3) is 3.71. The minimum atomic E-state index is -0.755. The van der Waals surface area contributed by atoms with E-state index in [0.717, 1.165) is 6.34 Å². The number of carbonyl (C=O) groups is 1. The quantitative estimate of drug-likeness (QED) is 0.261. The van der Waals surface area contributed by atoms with Gasteiger partial charge in [-0.1, -0.05) is 0 Å². The molecule has 12 heteroatoms. The van der Waals surface area contributed by atoms with Crippen molar-refractivity contribution in [1.29, 1.82) is 0 Å². The molecule has 3 heterocycles. The predicted molar refractivity (Wildman–Crippen MR) is 103 cm³/mol. The van der Waals surface area contributed by atoms with Crippen LogP contribution in [-0.2, 0) is 18.4 Å². The molecular weight excluding hydrogens is 477 g/mol. The maximum absolute atomic E-state index is 12.1. The third-order valence-electron chi connectivity index (χ3n) is 4.08. The molecule has 1 amide bonds. The third-order valence-corrected chi connectivity index (χ3v) is 5.07. The number of aromatic nitrogens is 2. The van der Waals surface area contributed by atoms with Crippen molar-refractivity contribution in [2.75, 3.05) is 13.7 Å². The minimum absolute atomic E-state index is 0.148. The van der Waals surface area contributed by atoms with Crippen LogP contribution in [0.4, 0.5) is 5.82 Å². The van der Waals surface area contributed by atoms with Gasteiger partial charge < -0.3 is 29.4 Å². The Morgan fingerprint density at radius 3 is 2.96 bits per heavy atom. The van der Waals surface area contributed by atoms with Crippen molar-refractivity contribution < 1.29 is 23.2 Å². The van der Waals surface area contributed by atoms with Crippen LogP contribution >= 0.6 is 30.4 Å². The molecule has 4 unspecified atom stereocenters. The number of hydrogen-bond acceptors (Lipinski definition) is 8. The number of fused-ring (bicyclic) bond motifs is 1. The number of imidazole rings is 1. The predicted octanol–water partition coefficient (Wildman–Crippen LogP) is 1.29. The number of halogens is 1. The fraction of sp³-hybridized carbons (Fsp3) is 0.643. The lowest BCUT2D eigenvalue weighted by molar-refractivity contribution is -0.198. The first-order valence-electron chi connectivity index (χ1n) is 7.86. The zero-order chi connectivity index (χ0) is 18.9. The topological polar surface area (TPSA) is 122 Å². The van der Waals surface area contributed by atoms with Crippen LogP contribution in [0.1, 0.15) is 30.6 Å². The SMILES string of the molecule is CNC(=O)c1ncn(C2OC(COSI)C3OC(C)(C)OC32)c1/N=C\N. The molecule has 0 aliphatic carbocycles. The van der Waals surface area contributed by atoms with Crippen LogP contribution in [0, 0.1) is 0 Å². The van der Waals surface area contributed by atoms with Crippen molar-refractivity contribution >= 4 is 48.5 Å². The Kier molecular flexibility index (Phi) is 6.08. The lowest BCUT2D eigenvalue weighted by Crippen LogP contribution is -2.32. The molecule has 3 rings (SSSR count). The van der Waals surface area contributed by atoms with Crippen LogP contribution in [0.2, 0.25) is 0 Å². The summed E-state index contributed by atoms with van der Waals surface area (Å²) in [5.74, 6) is -0.841. The van der Waals surface area contributed by atoms with Crippen molar-refractivity contribution in [3.8, 4) is 0 Å². The Hall–Kier alpha value is -0.930. The normalized spacial score (nSPS) is 30.0. The van der Waals surface area contributed by atoms with E-state index in [-0.39, 0.29) is 29.6 Å². The molecule has 0 saturated carbocycles. The van der Waals surface area contributed by atoms with Gasteiger partial charge in [0, 0.05) is 28.3 Å². The number of carbonyl (C=O) groups excluding carboxylic acids is 1. The van der Waals surface area contributed by atoms with Crippen LogP contribution in [0.25, 0.3) is 0 Å². The van der Waals surface area contributed by atoms with Crippen molar-refractivity contribution in [3.05, 3.63) is 12.0 Å². The van der Waals surface area contributed by atoms with Gasteiger partial charge in [0.15, 0.2) is 23.5 Å². The van der Waals surface area contributed by atoms with Gasteiger partial charge in [0.1, 0.15) is 18.3 Å². The van der Waals surface area contributed by atoms with Gasteiger partial charge in [0.25, 0.3) is 5.91 Å². The summed E-state index contributed by atoms with van der Waals surface area (Å²) >= 11 is 2.04. The molecule has 144 valence electrons. The number of nitrogens with one attached hydrogen (secondary N) is 1. The second-order valence-electron chi connectivity index (χ2n) is 6.16. The van der Waals surface area contributed by atoms with Gasteiger partial charge >= 0.3 is 0 Å². The second kappa shape index (κ2) is 7.98. The average Bonchev–Trinajstić information content (AvgIpc) is 3.24. The van der Waals surface area contributed by atoms with Crippen LogP contribution in [-0.4, -0.2) is 59.6 Å². The highest BCUT2D eigenvalue weighted by atomic mass is 127. The first-order valence-corrected chi connectivity index (χ1v) is 11.1. The number of hydrogen-bond donors (Lipinski definition) is 2. The van der Waals surface area contributed by atoms with E-state index in [4.69, 9.17) is 24.1 Å². The van der Waals surface area contributed by atoms with Gasteiger partial charge in [0.05, 0.1) is 28.5 Å². The number of nitrogens with two attached hydrogens (primary N) is 1. The Balaban J connectivity index is 1.95. The van der Waals surface area contributed by atoms with E-state index >= 15 is 0 Å². The van der Waals surface area contributed by atoms with Gasteiger partial charge in [-0.25, -0.2) is 9.98 Å².